The van der Waals surface area contributed by atoms with Crippen LogP contribution >= 0.6 is 0 Å². The van der Waals surface area contributed by atoms with Crippen molar-refractivity contribution in [2.75, 3.05) is 42.2 Å². The van der Waals surface area contributed by atoms with Crippen molar-refractivity contribution in [3.8, 4) is 11.5 Å². The molecule has 0 amide bonds. The molecule has 1 heterocycles. The summed E-state index contributed by atoms with van der Waals surface area (Å²) in [5, 5.41) is 3.25. The van der Waals surface area contributed by atoms with E-state index in [1.165, 1.54) is 26.4 Å². The largest absolute Gasteiger partial charge is 0.493 e. The van der Waals surface area contributed by atoms with Gasteiger partial charge in [-0.05, 0) is 57.2 Å². The Bertz CT molecular complexity index is 1200. The number of hydrogen-bond acceptors (Lipinski definition) is 8. The highest BCUT2D eigenvalue weighted by Gasteiger charge is 2.17. The molecule has 1 aromatic heterocycles. The van der Waals surface area contributed by atoms with Gasteiger partial charge in [0.15, 0.2) is 11.5 Å². The van der Waals surface area contributed by atoms with Gasteiger partial charge in [0.2, 0.25) is 0 Å². The van der Waals surface area contributed by atoms with Crippen LogP contribution in [0.5, 0.6) is 11.5 Å². The van der Waals surface area contributed by atoms with E-state index in [0.29, 0.717) is 28.8 Å². The molecular formula is C23H29N5O4S. The molecule has 0 bridgehead atoms. The Kier molecular flexibility index (Phi) is 7.59. The van der Waals surface area contributed by atoms with Crippen LogP contribution in [0.2, 0.25) is 0 Å². The van der Waals surface area contributed by atoms with Gasteiger partial charge in [-0.1, -0.05) is 0 Å². The summed E-state index contributed by atoms with van der Waals surface area (Å²) in [6.45, 7) is 7.71. The van der Waals surface area contributed by atoms with Crippen LogP contribution in [-0.2, 0) is 10.0 Å². The summed E-state index contributed by atoms with van der Waals surface area (Å²) >= 11 is 0. The predicted molar refractivity (Wildman–Crippen MR) is 130 cm³/mol. The Morgan fingerprint density at radius 1 is 0.879 bits per heavy atom. The minimum atomic E-state index is -3.80. The van der Waals surface area contributed by atoms with Crippen molar-refractivity contribution < 1.29 is 17.9 Å². The van der Waals surface area contributed by atoms with E-state index >= 15 is 0 Å². The maximum absolute atomic E-state index is 12.8. The standard InChI is InChI=1S/C23H29N5O4S/c1-6-28(7-2)23-15-22(24-16(3)25-23)26-17-8-10-18(11-9-17)27-33(29,30)19-12-13-20(31-4)21(14-19)32-5/h8-15,27H,6-7H2,1-5H3,(H,24,25,26). The summed E-state index contributed by atoms with van der Waals surface area (Å²) in [5.74, 6) is 2.98. The van der Waals surface area contributed by atoms with E-state index in [0.717, 1.165) is 24.6 Å². The molecule has 0 saturated heterocycles. The van der Waals surface area contributed by atoms with E-state index < -0.39 is 10.0 Å². The van der Waals surface area contributed by atoms with Crippen LogP contribution in [-0.4, -0.2) is 45.7 Å². The van der Waals surface area contributed by atoms with Gasteiger partial charge in [-0.25, -0.2) is 18.4 Å². The minimum absolute atomic E-state index is 0.0720. The molecule has 176 valence electrons. The molecule has 0 unspecified atom stereocenters. The molecule has 33 heavy (non-hydrogen) atoms. The third-order valence-corrected chi connectivity index (χ3v) is 6.37. The molecule has 0 saturated carbocycles. The van der Waals surface area contributed by atoms with Gasteiger partial charge in [-0.3, -0.25) is 4.72 Å². The van der Waals surface area contributed by atoms with Crippen molar-refractivity contribution in [2.45, 2.75) is 25.7 Å². The first-order chi connectivity index (χ1) is 15.8. The van der Waals surface area contributed by atoms with Crippen molar-refractivity contribution in [2.24, 2.45) is 0 Å². The smallest absolute Gasteiger partial charge is 0.262 e. The number of methoxy groups -OCH3 is 2. The van der Waals surface area contributed by atoms with E-state index in [4.69, 9.17) is 9.47 Å². The fraction of sp³-hybridized carbons (Fsp3) is 0.304. The number of sulfonamides is 1. The van der Waals surface area contributed by atoms with Gasteiger partial charge in [0.1, 0.15) is 17.5 Å². The monoisotopic (exact) mass is 471 g/mol. The highest BCUT2D eigenvalue weighted by molar-refractivity contribution is 7.92. The summed E-state index contributed by atoms with van der Waals surface area (Å²) in [6.07, 6.45) is 0. The molecule has 9 nitrogen and oxygen atoms in total. The molecule has 3 rings (SSSR count). The quantitative estimate of drug-likeness (QED) is 0.453. The summed E-state index contributed by atoms with van der Waals surface area (Å²) in [4.78, 5) is 11.2. The summed E-state index contributed by atoms with van der Waals surface area (Å²) in [6, 6.07) is 13.2. The van der Waals surface area contributed by atoms with Crippen molar-refractivity contribution in [3.63, 3.8) is 0 Å². The zero-order chi connectivity index (χ0) is 24.0. The lowest BCUT2D eigenvalue weighted by Gasteiger charge is -2.20. The Morgan fingerprint density at radius 2 is 1.52 bits per heavy atom. The molecule has 0 atom stereocenters. The normalized spacial score (nSPS) is 11.1. The predicted octanol–water partition coefficient (Wildman–Crippen LogP) is 4.19. The third-order valence-electron chi connectivity index (χ3n) is 4.99. The fourth-order valence-corrected chi connectivity index (χ4v) is 4.37. The second-order valence-electron chi connectivity index (χ2n) is 7.16. The third kappa shape index (κ3) is 5.83. The lowest BCUT2D eigenvalue weighted by molar-refractivity contribution is 0.354. The number of hydrogen-bond donors (Lipinski definition) is 2. The highest BCUT2D eigenvalue weighted by atomic mass is 32.2. The topological polar surface area (TPSA) is 106 Å². The Balaban J connectivity index is 1.76. The van der Waals surface area contributed by atoms with E-state index in [-0.39, 0.29) is 4.90 Å². The number of nitrogens with one attached hydrogen (secondary N) is 2. The number of aromatic nitrogens is 2. The molecule has 0 radical (unpaired) electrons. The first-order valence-electron chi connectivity index (χ1n) is 10.5. The average Bonchev–Trinajstić information content (AvgIpc) is 2.80. The summed E-state index contributed by atoms with van der Waals surface area (Å²) < 4.78 is 38.5. The van der Waals surface area contributed by atoms with Gasteiger partial charge in [0.05, 0.1) is 19.1 Å². The summed E-state index contributed by atoms with van der Waals surface area (Å²) in [5.41, 5.74) is 1.20. The van der Waals surface area contributed by atoms with Gasteiger partial charge >= 0.3 is 0 Å². The molecular weight excluding hydrogens is 442 g/mol. The number of rotatable bonds is 10. The molecule has 2 N–H and O–H groups in total. The average molecular weight is 472 g/mol. The van der Waals surface area contributed by atoms with Gasteiger partial charge < -0.3 is 19.7 Å². The van der Waals surface area contributed by atoms with Gasteiger partial charge in [-0.2, -0.15) is 0 Å². The summed E-state index contributed by atoms with van der Waals surface area (Å²) in [7, 11) is -0.852. The second kappa shape index (κ2) is 10.4. The van der Waals surface area contributed by atoms with Crippen LogP contribution in [0.25, 0.3) is 0 Å². The molecule has 0 aliphatic rings. The zero-order valence-electron chi connectivity index (χ0n) is 19.4. The lowest BCUT2D eigenvalue weighted by atomic mass is 10.3. The first kappa shape index (κ1) is 24.1. The first-order valence-corrected chi connectivity index (χ1v) is 12.0. The molecule has 0 aliphatic carbocycles. The molecule has 10 heteroatoms. The van der Waals surface area contributed by atoms with Crippen molar-refractivity contribution in [1.82, 2.24) is 9.97 Å². The number of benzene rings is 2. The minimum Gasteiger partial charge on any atom is -0.493 e. The van der Waals surface area contributed by atoms with Gasteiger partial charge in [0.25, 0.3) is 10.0 Å². The number of nitrogens with zero attached hydrogens (tertiary/aromatic N) is 3. The number of anilines is 4. The molecule has 0 aliphatic heterocycles. The molecule has 0 spiro atoms. The lowest BCUT2D eigenvalue weighted by Crippen LogP contribution is -2.23. The van der Waals surface area contributed by atoms with Crippen LogP contribution in [0.4, 0.5) is 23.0 Å². The molecule has 0 fully saturated rings. The van der Waals surface area contributed by atoms with Crippen LogP contribution in [0.15, 0.2) is 53.4 Å². The van der Waals surface area contributed by atoms with Crippen molar-refractivity contribution in [3.05, 3.63) is 54.4 Å². The Morgan fingerprint density at radius 3 is 2.12 bits per heavy atom. The SMILES string of the molecule is CCN(CC)c1cc(Nc2ccc(NS(=O)(=O)c3ccc(OC)c(OC)c3)cc2)nc(C)n1. The van der Waals surface area contributed by atoms with Crippen LogP contribution < -0.4 is 24.4 Å². The van der Waals surface area contributed by atoms with Crippen LogP contribution in [0, 0.1) is 6.92 Å². The zero-order valence-corrected chi connectivity index (χ0v) is 20.2. The van der Waals surface area contributed by atoms with Gasteiger partial charge in [-0.15, -0.1) is 0 Å². The highest BCUT2D eigenvalue weighted by Crippen LogP contribution is 2.30. The maximum atomic E-state index is 12.8. The van der Waals surface area contributed by atoms with Crippen molar-refractivity contribution in [1.29, 1.82) is 0 Å². The second-order valence-corrected chi connectivity index (χ2v) is 8.84. The maximum Gasteiger partial charge on any atom is 0.262 e. The van der Waals surface area contributed by atoms with Crippen LogP contribution in [0.1, 0.15) is 19.7 Å². The Labute approximate surface area is 194 Å². The van der Waals surface area contributed by atoms with Crippen molar-refractivity contribution >= 4 is 33.0 Å². The number of ether oxygens (including phenoxy) is 2. The van der Waals surface area contributed by atoms with Crippen LogP contribution in [0.3, 0.4) is 0 Å². The van der Waals surface area contributed by atoms with E-state index in [1.54, 1.807) is 30.3 Å². The Hall–Kier alpha value is -3.53. The van der Waals surface area contributed by atoms with E-state index in [2.05, 4.69) is 38.8 Å². The number of aryl methyl sites for hydroxylation is 1. The van der Waals surface area contributed by atoms with Gasteiger partial charge in [0, 0.05) is 36.6 Å². The molecule has 2 aromatic carbocycles. The molecule has 3 aromatic rings. The fourth-order valence-electron chi connectivity index (χ4n) is 3.29. The van der Waals surface area contributed by atoms with E-state index in [9.17, 15) is 8.42 Å². The van der Waals surface area contributed by atoms with E-state index in [1.807, 2.05) is 13.0 Å².